The summed E-state index contributed by atoms with van der Waals surface area (Å²) in [5.74, 6) is 0.681. The van der Waals surface area contributed by atoms with Gasteiger partial charge in [0.25, 0.3) is 0 Å². The SMILES string of the molecule is CN=C(NCCNS(=O)(=O)c1cccc(Cl)c1)NC1CCS(=O)(=O)C1. The van der Waals surface area contributed by atoms with Gasteiger partial charge in [0, 0.05) is 31.2 Å². The topological polar surface area (TPSA) is 117 Å². The van der Waals surface area contributed by atoms with Gasteiger partial charge in [-0.2, -0.15) is 0 Å². The molecule has 0 saturated carbocycles. The van der Waals surface area contributed by atoms with E-state index in [9.17, 15) is 16.8 Å². The molecule has 1 aliphatic heterocycles. The Hall–Kier alpha value is -1.36. The number of sulfone groups is 1. The molecule has 140 valence electrons. The standard InChI is InChI=1S/C14H21ClN4O4S2/c1-16-14(19-12-5-8-24(20,21)10-12)17-6-7-18-25(22,23)13-4-2-3-11(15)9-13/h2-4,9,12,18H,5-8,10H2,1H3,(H2,16,17,19). The van der Waals surface area contributed by atoms with Crippen LogP contribution in [0.3, 0.4) is 0 Å². The first-order valence-electron chi connectivity index (χ1n) is 7.65. The number of hydrogen-bond acceptors (Lipinski definition) is 5. The summed E-state index contributed by atoms with van der Waals surface area (Å²) in [6, 6.07) is 5.82. The molecule has 1 fully saturated rings. The minimum Gasteiger partial charge on any atom is -0.355 e. The van der Waals surface area contributed by atoms with Gasteiger partial charge in [-0.3, -0.25) is 4.99 Å². The molecule has 2 rings (SSSR count). The first-order chi connectivity index (χ1) is 11.7. The van der Waals surface area contributed by atoms with E-state index in [-0.39, 0.29) is 29.0 Å². The molecule has 1 saturated heterocycles. The Morgan fingerprint density at radius 3 is 2.72 bits per heavy atom. The van der Waals surface area contributed by atoms with Crippen LogP contribution in [0.4, 0.5) is 0 Å². The molecule has 11 heteroatoms. The van der Waals surface area contributed by atoms with Crippen LogP contribution in [0.1, 0.15) is 6.42 Å². The lowest BCUT2D eigenvalue weighted by Gasteiger charge is -2.16. The number of nitrogens with zero attached hydrogens (tertiary/aromatic N) is 1. The maximum atomic E-state index is 12.1. The highest BCUT2D eigenvalue weighted by molar-refractivity contribution is 7.91. The Kier molecular flexibility index (Phi) is 6.66. The van der Waals surface area contributed by atoms with E-state index in [0.29, 0.717) is 23.9 Å². The Labute approximate surface area is 153 Å². The first kappa shape index (κ1) is 20.0. The lowest BCUT2D eigenvalue weighted by Crippen LogP contribution is -2.46. The summed E-state index contributed by atoms with van der Waals surface area (Å²) in [6.07, 6.45) is 0.532. The van der Waals surface area contributed by atoms with Crippen LogP contribution in [0.15, 0.2) is 34.2 Å². The van der Waals surface area contributed by atoms with Crippen molar-refractivity contribution in [1.29, 1.82) is 0 Å². The molecule has 8 nitrogen and oxygen atoms in total. The van der Waals surface area contributed by atoms with E-state index in [0.717, 1.165) is 0 Å². The second-order valence-corrected chi connectivity index (χ2v) is 10.0. The number of benzene rings is 1. The van der Waals surface area contributed by atoms with Crippen molar-refractivity contribution >= 4 is 37.4 Å². The van der Waals surface area contributed by atoms with Crippen LogP contribution >= 0.6 is 11.6 Å². The Morgan fingerprint density at radius 2 is 2.12 bits per heavy atom. The molecule has 1 aromatic carbocycles. The molecule has 25 heavy (non-hydrogen) atoms. The van der Waals surface area contributed by atoms with Gasteiger partial charge in [-0.05, 0) is 24.6 Å². The van der Waals surface area contributed by atoms with Crippen LogP contribution in [0, 0.1) is 0 Å². The van der Waals surface area contributed by atoms with Crippen molar-refractivity contribution in [2.24, 2.45) is 4.99 Å². The molecule has 1 aliphatic rings. The van der Waals surface area contributed by atoms with Crippen molar-refractivity contribution in [3.05, 3.63) is 29.3 Å². The van der Waals surface area contributed by atoms with Gasteiger partial charge in [-0.15, -0.1) is 0 Å². The zero-order valence-corrected chi connectivity index (χ0v) is 16.1. The minimum atomic E-state index is -3.64. The normalized spacial score (nSPS) is 20.4. The minimum absolute atomic E-state index is 0.0785. The summed E-state index contributed by atoms with van der Waals surface area (Å²) in [5, 5.41) is 6.32. The average molecular weight is 409 g/mol. The largest absolute Gasteiger partial charge is 0.355 e. The summed E-state index contributed by atoms with van der Waals surface area (Å²) in [6.45, 7) is 0.428. The van der Waals surface area contributed by atoms with Crippen LogP contribution in [-0.2, 0) is 19.9 Å². The number of rotatable bonds is 6. The van der Waals surface area contributed by atoms with E-state index in [1.54, 1.807) is 19.2 Å². The molecule has 3 N–H and O–H groups in total. The molecular weight excluding hydrogens is 388 g/mol. The van der Waals surface area contributed by atoms with E-state index in [1.165, 1.54) is 12.1 Å². The van der Waals surface area contributed by atoms with Crippen molar-refractivity contribution in [2.45, 2.75) is 17.4 Å². The van der Waals surface area contributed by atoms with E-state index < -0.39 is 19.9 Å². The van der Waals surface area contributed by atoms with Gasteiger partial charge in [0.1, 0.15) is 0 Å². The summed E-state index contributed by atoms with van der Waals surface area (Å²) in [7, 11) is -5.05. The lowest BCUT2D eigenvalue weighted by molar-refractivity contribution is 0.579. The fourth-order valence-corrected chi connectivity index (χ4v) is 5.39. The van der Waals surface area contributed by atoms with Crippen LogP contribution < -0.4 is 15.4 Å². The van der Waals surface area contributed by atoms with Crippen molar-refractivity contribution in [1.82, 2.24) is 15.4 Å². The summed E-state index contributed by atoms with van der Waals surface area (Å²) in [4.78, 5) is 4.10. The summed E-state index contributed by atoms with van der Waals surface area (Å²) < 4.78 is 49.6. The number of aliphatic imine (C=N–C) groups is 1. The predicted octanol–water partition coefficient (Wildman–Crippen LogP) is -0.0296. The molecule has 0 aromatic heterocycles. The number of nitrogens with one attached hydrogen (secondary N) is 3. The second kappa shape index (κ2) is 8.35. The van der Waals surface area contributed by atoms with E-state index in [4.69, 9.17) is 11.6 Å². The summed E-state index contributed by atoms with van der Waals surface area (Å²) >= 11 is 5.80. The zero-order valence-electron chi connectivity index (χ0n) is 13.7. The molecule has 0 spiro atoms. The highest BCUT2D eigenvalue weighted by Gasteiger charge is 2.28. The highest BCUT2D eigenvalue weighted by Crippen LogP contribution is 2.15. The molecule has 1 aromatic rings. The van der Waals surface area contributed by atoms with E-state index >= 15 is 0 Å². The van der Waals surface area contributed by atoms with Gasteiger partial charge in [-0.25, -0.2) is 21.6 Å². The van der Waals surface area contributed by atoms with Gasteiger partial charge < -0.3 is 10.6 Å². The number of sulfonamides is 1. The van der Waals surface area contributed by atoms with Gasteiger partial charge in [0.05, 0.1) is 16.4 Å². The second-order valence-electron chi connectivity index (χ2n) is 5.60. The maximum Gasteiger partial charge on any atom is 0.240 e. The maximum absolute atomic E-state index is 12.1. The molecule has 1 unspecified atom stereocenters. The smallest absolute Gasteiger partial charge is 0.240 e. The molecule has 0 amide bonds. The number of guanidine groups is 1. The fourth-order valence-electron chi connectivity index (χ4n) is 2.38. The average Bonchev–Trinajstić information content (AvgIpc) is 2.89. The Morgan fingerprint density at radius 1 is 1.36 bits per heavy atom. The Bertz CT molecular complexity index is 840. The monoisotopic (exact) mass is 408 g/mol. The zero-order chi connectivity index (χ0) is 18.5. The van der Waals surface area contributed by atoms with E-state index in [2.05, 4.69) is 20.3 Å². The first-order valence-corrected chi connectivity index (χ1v) is 11.3. The van der Waals surface area contributed by atoms with Crippen molar-refractivity contribution in [2.75, 3.05) is 31.6 Å². The van der Waals surface area contributed by atoms with Crippen molar-refractivity contribution in [3.63, 3.8) is 0 Å². The molecule has 0 radical (unpaired) electrons. The Balaban J connectivity index is 1.79. The lowest BCUT2D eigenvalue weighted by atomic mass is 10.3. The van der Waals surface area contributed by atoms with E-state index in [1.807, 2.05) is 0 Å². The van der Waals surface area contributed by atoms with Crippen LogP contribution in [0.2, 0.25) is 5.02 Å². The van der Waals surface area contributed by atoms with Gasteiger partial charge >= 0.3 is 0 Å². The number of hydrogen-bond donors (Lipinski definition) is 3. The molecule has 1 atom stereocenters. The van der Waals surface area contributed by atoms with Crippen LogP contribution in [0.25, 0.3) is 0 Å². The third-order valence-corrected chi connectivity index (χ3v) is 7.07. The molecular formula is C14H21ClN4O4S2. The van der Waals surface area contributed by atoms with Gasteiger partial charge in [-0.1, -0.05) is 17.7 Å². The molecule has 0 bridgehead atoms. The van der Waals surface area contributed by atoms with Crippen LogP contribution in [-0.4, -0.2) is 60.5 Å². The van der Waals surface area contributed by atoms with Crippen molar-refractivity contribution in [3.8, 4) is 0 Å². The highest BCUT2D eigenvalue weighted by atomic mass is 35.5. The molecule has 0 aliphatic carbocycles. The third-order valence-electron chi connectivity index (χ3n) is 3.61. The predicted molar refractivity (Wildman–Crippen MR) is 98.2 cm³/mol. The fraction of sp³-hybridized carbons (Fsp3) is 0.500. The summed E-state index contributed by atoms with van der Waals surface area (Å²) in [5.41, 5.74) is 0. The van der Waals surface area contributed by atoms with Crippen molar-refractivity contribution < 1.29 is 16.8 Å². The third kappa shape index (κ3) is 6.14. The van der Waals surface area contributed by atoms with Crippen LogP contribution in [0.5, 0.6) is 0 Å². The van der Waals surface area contributed by atoms with Gasteiger partial charge in [0.15, 0.2) is 15.8 Å². The van der Waals surface area contributed by atoms with Gasteiger partial charge in [0.2, 0.25) is 10.0 Å². The quantitative estimate of drug-likeness (QED) is 0.346. The number of halogens is 1. The molecule has 1 heterocycles.